The zero-order valence-electron chi connectivity index (χ0n) is 10.4. The first-order valence-corrected chi connectivity index (χ1v) is 5.85. The van der Waals surface area contributed by atoms with Gasteiger partial charge in [0, 0.05) is 19.8 Å². The normalized spacial score (nSPS) is 19.1. The minimum atomic E-state index is -0.670. The molecule has 2 rings (SSSR count). The number of carbonyl (C=O) groups excluding carboxylic acids is 2. The minimum Gasteiger partial charge on any atom is -0.377 e. The van der Waals surface area contributed by atoms with Gasteiger partial charge in [-0.3, -0.25) is 9.59 Å². The molecule has 0 saturated carbocycles. The van der Waals surface area contributed by atoms with Crippen LogP contribution in [0, 0.1) is 5.95 Å². The van der Waals surface area contributed by atoms with Gasteiger partial charge < -0.3 is 15.0 Å². The van der Waals surface area contributed by atoms with Crippen LogP contribution >= 0.6 is 0 Å². The molecule has 102 valence electrons. The second-order valence-electron chi connectivity index (χ2n) is 4.07. The van der Waals surface area contributed by atoms with Crippen LogP contribution in [-0.4, -0.2) is 54.5 Å². The van der Waals surface area contributed by atoms with Gasteiger partial charge in [-0.05, 0) is 12.1 Å². The number of ether oxygens (including phenoxy) is 1. The third-order valence-electron chi connectivity index (χ3n) is 2.91. The van der Waals surface area contributed by atoms with E-state index in [4.69, 9.17) is 4.74 Å². The summed E-state index contributed by atoms with van der Waals surface area (Å²) in [4.78, 5) is 28.8. The van der Waals surface area contributed by atoms with Crippen LogP contribution in [0.15, 0.2) is 18.3 Å². The molecule has 6 nitrogen and oxygen atoms in total. The number of nitrogens with zero attached hydrogens (tertiary/aromatic N) is 2. The molecule has 1 saturated heterocycles. The van der Waals surface area contributed by atoms with Crippen molar-refractivity contribution >= 4 is 11.8 Å². The summed E-state index contributed by atoms with van der Waals surface area (Å²) in [7, 11) is 1.50. The Balaban J connectivity index is 2.20. The molecule has 0 bridgehead atoms. The zero-order chi connectivity index (χ0) is 13.8. The standard InChI is InChI=1S/C12H14FN3O3/c1-14-11(17)9-7-19-5-4-16(9)12(18)8-2-3-10(13)15-6-8/h2-3,6,9H,4-5,7H2,1H3,(H,14,17). The number of rotatable bonds is 2. The molecule has 19 heavy (non-hydrogen) atoms. The fourth-order valence-electron chi connectivity index (χ4n) is 1.90. The van der Waals surface area contributed by atoms with Crippen LogP contribution in [0.5, 0.6) is 0 Å². The lowest BCUT2D eigenvalue weighted by atomic mass is 10.1. The Morgan fingerprint density at radius 2 is 2.32 bits per heavy atom. The molecule has 2 amide bonds. The summed E-state index contributed by atoms with van der Waals surface area (Å²) in [6, 6.07) is 1.79. The maximum absolute atomic E-state index is 12.7. The molecule has 1 aromatic heterocycles. The lowest BCUT2D eigenvalue weighted by Gasteiger charge is -2.34. The van der Waals surface area contributed by atoms with Crippen molar-refractivity contribution in [3.05, 3.63) is 29.8 Å². The first-order chi connectivity index (χ1) is 9.13. The second kappa shape index (κ2) is 5.75. The third kappa shape index (κ3) is 2.87. The van der Waals surface area contributed by atoms with Gasteiger partial charge in [-0.2, -0.15) is 4.39 Å². The first-order valence-electron chi connectivity index (χ1n) is 5.85. The molecule has 0 spiro atoms. The summed E-state index contributed by atoms with van der Waals surface area (Å²) >= 11 is 0. The van der Waals surface area contributed by atoms with Crippen LogP contribution in [0.25, 0.3) is 0 Å². The number of aromatic nitrogens is 1. The van der Waals surface area contributed by atoms with E-state index in [0.717, 1.165) is 12.3 Å². The molecule has 0 aromatic carbocycles. The van der Waals surface area contributed by atoms with Gasteiger partial charge >= 0.3 is 0 Å². The van der Waals surface area contributed by atoms with Gasteiger partial charge in [0.15, 0.2) is 0 Å². The Hall–Kier alpha value is -2.02. The summed E-state index contributed by atoms with van der Waals surface area (Å²) in [5, 5.41) is 2.49. The van der Waals surface area contributed by atoms with E-state index in [0.29, 0.717) is 13.2 Å². The van der Waals surface area contributed by atoms with Crippen LogP contribution in [0.3, 0.4) is 0 Å². The Kier molecular flexibility index (Phi) is 4.06. The molecule has 1 aliphatic rings. The van der Waals surface area contributed by atoms with Gasteiger partial charge in [0.1, 0.15) is 6.04 Å². The second-order valence-corrected chi connectivity index (χ2v) is 4.07. The SMILES string of the molecule is CNC(=O)C1COCCN1C(=O)c1ccc(F)nc1. The lowest BCUT2D eigenvalue weighted by molar-refractivity contribution is -0.130. The molecule has 0 radical (unpaired) electrons. The Bertz CT molecular complexity index is 478. The van der Waals surface area contributed by atoms with Gasteiger partial charge in [0.2, 0.25) is 11.9 Å². The molecule has 1 fully saturated rings. The Morgan fingerprint density at radius 3 is 2.95 bits per heavy atom. The minimum absolute atomic E-state index is 0.153. The number of hydrogen-bond acceptors (Lipinski definition) is 4. The fraction of sp³-hybridized carbons (Fsp3) is 0.417. The topological polar surface area (TPSA) is 71.5 Å². The lowest BCUT2D eigenvalue weighted by Crippen LogP contribution is -2.55. The fourth-order valence-corrected chi connectivity index (χ4v) is 1.90. The van der Waals surface area contributed by atoms with Gasteiger partial charge in [-0.25, -0.2) is 4.98 Å². The predicted molar refractivity (Wildman–Crippen MR) is 63.9 cm³/mol. The number of morpholine rings is 1. The highest BCUT2D eigenvalue weighted by molar-refractivity contribution is 5.97. The Labute approximate surface area is 109 Å². The Morgan fingerprint density at radius 1 is 1.53 bits per heavy atom. The van der Waals surface area contributed by atoms with E-state index >= 15 is 0 Å². The predicted octanol–water partition coefficient (Wildman–Crippen LogP) is -0.192. The van der Waals surface area contributed by atoms with E-state index in [1.54, 1.807) is 0 Å². The third-order valence-corrected chi connectivity index (χ3v) is 2.91. The molecular formula is C12H14FN3O3. The molecule has 1 N–H and O–H groups in total. The summed E-state index contributed by atoms with van der Waals surface area (Å²) < 4.78 is 17.9. The van der Waals surface area contributed by atoms with Gasteiger partial charge in [0.05, 0.1) is 18.8 Å². The molecule has 0 aliphatic carbocycles. The number of carbonyl (C=O) groups is 2. The largest absolute Gasteiger partial charge is 0.377 e. The van der Waals surface area contributed by atoms with E-state index in [9.17, 15) is 14.0 Å². The molecule has 1 atom stereocenters. The smallest absolute Gasteiger partial charge is 0.256 e. The van der Waals surface area contributed by atoms with Gasteiger partial charge in [-0.1, -0.05) is 0 Å². The number of halogens is 1. The number of likely N-dealkylation sites (N-methyl/N-ethyl adjacent to an activating group) is 1. The quantitative estimate of drug-likeness (QED) is 0.754. The monoisotopic (exact) mass is 267 g/mol. The maximum Gasteiger partial charge on any atom is 0.256 e. The van der Waals surface area contributed by atoms with E-state index in [-0.39, 0.29) is 24.0 Å². The van der Waals surface area contributed by atoms with E-state index < -0.39 is 12.0 Å². The summed E-state index contributed by atoms with van der Waals surface area (Å²) in [6.07, 6.45) is 1.16. The van der Waals surface area contributed by atoms with Crippen molar-refractivity contribution in [1.82, 2.24) is 15.2 Å². The first kappa shape index (κ1) is 13.4. The summed E-state index contributed by atoms with van der Waals surface area (Å²) in [5.41, 5.74) is 0.247. The van der Waals surface area contributed by atoms with Crippen LogP contribution in [0.2, 0.25) is 0 Å². The number of hydrogen-bond donors (Lipinski definition) is 1. The number of nitrogens with one attached hydrogen (secondary N) is 1. The molecule has 1 aromatic rings. The van der Waals surface area contributed by atoms with Crippen molar-refractivity contribution in [2.24, 2.45) is 0 Å². The maximum atomic E-state index is 12.7. The van der Waals surface area contributed by atoms with Crippen molar-refractivity contribution in [2.45, 2.75) is 6.04 Å². The zero-order valence-corrected chi connectivity index (χ0v) is 10.4. The van der Waals surface area contributed by atoms with Crippen molar-refractivity contribution in [1.29, 1.82) is 0 Å². The average molecular weight is 267 g/mol. The van der Waals surface area contributed by atoms with E-state index in [1.165, 1.54) is 18.0 Å². The van der Waals surface area contributed by atoms with Gasteiger partial charge in [-0.15, -0.1) is 0 Å². The summed E-state index contributed by atoms with van der Waals surface area (Å²) in [6.45, 7) is 0.836. The number of amides is 2. The van der Waals surface area contributed by atoms with Crippen LogP contribution < -0.4 is 5.32 Å². The van der Waals surface area contributed by atoms with Gasteiger partial charge in [0.25, 0.3) is 5.91 Å². The van der Waals surface area contributed by atoms with Crippen molar-refractivity contribution in [3.63, 3.8) is 0 Å². The molecule has 7 heteroatoms. The van der Waals surface area contributed by atoms with Crippen molar-refractivity contribution < 1.29 is 18.7 Å². The molecular weight excluding hydrogens is 253 g/mol. The highest BCUT2D eigenvalue weighted by atomic mass is 19.1. The molecule has 1 aliphatic heterocycles. The van der Waals surface area contributed by atoms with E-state index in [1.807, 2.05) is 0 Å². The van der Waals surface area contributed by atoms with E-state index in [2.05, 4.69) is 10.3 Å². The number of pyridine rings is 1. The highest BCUT2D eigenvalue weighted by Gasteiger charge is 2.32. The molecule has 1 unspecified atom stereocenters. The van der Waals surface area contributed by atoms with Crippen LogP contribution in [0.4, 0.5) is 4.39 Å². The van der Waals surface area contributed by atoms with Crippen molar-refractivity contribution in [3.8, 4) is 0 Å². The van der Waals surface area contributed by atoms with Crippen molar-refractivity contribution in [2.75, 3.05) is 26.8 Å². The highest BCUT2D eigenvalue weighted by Crippen LogP contribution is 2.12. The van der Waals surface area contributed by atoms with Crippen LogP contribution in [-0.2, 0) is 9.53 Å². The summed E-state index contributed by atoms with van der Waals surface area (Å²) in [5.74, 6) is -1.30. The van der Waals surface area contributed by atoms with Crippen LogP contribution in [0.1, 0.15) is 10.4 Å². The molecule has 2 heterocycles. The average Bonchev–Trinajstić information content (AvgIpc) is 2.46.